The predicted octanol–water partition coefficient (Wildman–Crippen LogP) is 3.77. The highest BCUT2D eigenvalue weighted by Crippen LogP contribution is 2.37. The molecule has 124 valence electrons. The van der Waals surface area contributed by atoms with E-state index in [0.29, 0.717) is 36.2 Å². The zero-order valence-electron chi connectivity index (χ0n) is 12.8. The molecule has 0 saturated heterocycles. The van der Waals surface area contributed by atoms with Crippen LogP contribution in [0.5, 0.6) is 11.5 Å². The minimum absolute atomic E-state index is 0.108. The molecule has 6 heteroatoms. The van der Waals surface area contributed by atoms with Crippen LogP contribution in [-0.4, -0.2) is 25.4 Å². The Morgan fingerprint density at radius 1 is 1.26 bits per heavy atom. The summed E-state index contributed by atoms with van der Waals surface area (Å²) in [7, 11) is 1.61. The van der Waals surface area contributed by atoms with Gasteiger partial charge in [0.15, 0.2) is 11.5 Å². The average Bonchev–Trinajstić information content (AvgIpc) is 2.55. The van der Waals surface area contributed by atoms with Gasteiger partial charge in [-0.15, -0.1) is 0 Å². The lowest BCUT2D eigenvalue weighted by Gasteiger charge is -2.15. The van der Waals surface area contributed by atoms with E-state index < -0.39 is 0 Å². The number of halogens is 2. The second kappa shape index (κ2) is 9.13. The summed E-state index contributed by atoms with van der Waals surface area (Å²) in [5.41, 5.74) is 1.95. The first kappa shape index (κ1) is 18.1. The zero-order valence-corrected chi connectivity index (χ0v) is 15.2. The van der Waals surface area contributed by atoms with Crippen LogP contribution >= 0.6 is 27.5 Å². The van der Waals surface area contributed by atoms with Gasteiger partial charge in [-0.25, -0.2) is 0 Å². The standard InChI is InChI=1S/C17H19BrClNO3/c1-22-16-9-12(10-20-6-7-21)8-14(18)17(16)23-11-13-4-2-3-5-15(13)19/h2-5,8-9,20-21H,6-7,10-11H2,1H3. The highest BCUT2D eigenvalue weighted by Gasteiger charge is 2.12. The maximum Gasteiger partial charge on any atom is 0.175 e. The van der Waals surface area contributed by atoms with Crippen LogP contribution in [-0.2, 0) is 13.2 Å². The number of hydrogen-bond donors (Lipinski definition) is 2. The van der Waals surface area contributed by atoms with Crippen molar-refractivity contribution in [3.63, 3.8) is 0 Å². The summed E-state index contributed by atoms with van der Waals surface area (Å²) in [5, 5.41) is 12.6. The molecule has 0 fully saturated rings. The maximum atomic E-state index is 8.82. The summed E-state index contributed by atoms with van der Waals surface area (Å²) in [6, 6.07) is 11.5. The number of rotatable bonds is 8. The summed E-state index contributed by atoms with van der Waals surface area (Å²) in [4.78, 5) is 0. The number of nitrogens with one attached hydrogen (secondary N) is 1. The van der Waals surface area contributed by atoms with Gasteiger partial charge in [-0.1, -0.05) is 29.8 Å². The molecule has 0 radical (unpaired) electrons. The van der Waals surface area contributed by atoms with Crippen LogP contribution in [0, 0.1) is 0 Å². The fourth-order valence-electron chi connectivity index (χ4n) is 2.09. The quantitative estimate of drug-likeness (QED) is 0.662. The van der Waals surface area contributed by atoms with Gasteiger partial charge in [-0.3, -0.25) is 0 Å². The first-order valence-corrected chi connectivity index (χ1v) is 8.37. The molecule has 2 rings (SSSR count). The van der Waals surface area contributed by atoms with Crippen LogP contribution in [0.15, 0.2) is 40.9 Å². The first-order valence-electron chi connectivity index (χ1n) is 7.20. The molecular formula is C17H19BrClNO3. The average molecular weight is 401 g/mol. The second-order valence-corrected chi connectivity index (χ2v) is 6.15. The molecule has 2 aromatic carbocycles. The molecule has 0 saturated carbocycles. The summed E-state index contributed by atoms with van der Waals surface area (Å²) < 4.78 is 12.1. The Labute approximate surface area is 149 Å². The number of benzene rings is 2. The van der Waals surface area contributed by atoms with Gasteiger partial charge in [-0.2, -0.15) is 0 Å². The minimum atomic E-state index is 0.108. The second-order valence-electron chi connectivity index (χ2n) is 4.89. The van der Waals surface area contributed by atoms with E-state index in [0.717, 1.165) is 15.6 Å². The van der Waals surface area contributed by atoms with Crippen molar-refractivity contribution in [2.75, 3.05) is 20.3 Å². The van der Waals surface area contributed by atoms with Gasteiger partial charge in [0.05, 0.1) is 18.2 Å². The first-order chi connectivity index (χ1) is 11.2. The fraction of sp³-hybridized carbons (Fsp3) is 0.294. The summed E-state index contributed by atoms with van der Waals surface area (Å²) >= 11 is 9.67. The van der Waals surface area contributed by atoms with Gasteiger partial charge in [-0.05, 0) is 39.7 Å². The van der Waals surface area contributed by atoms with Crippen molar-refractivity contribution >= 4 is 27.5 Å². The van der Waals surface area contributed by atoms with Gasteiger partial charge < -0.3 is 19.9 Å². The molecule has 0 aliphatic carbocycles. The van der Waals surface area contributed by atoms with E-state index in [2.05, 4.69) is 21.2 Å². The van der Waals surface area contributed by atoms with Crippen LogP contribution in [0.3, 0.4) is 0 Å². The fourth-order valence-corrected chi connectivity index (χ4v) is 2.89. The molecule has 2 aromatic rings. The van der Waals surface area contributed by atoms with Gasteiger partial charge in [0.2, 0.25) is 0 Å². The lowest BCUT2D eigenvalue weighted by molar-refractivity contribution is 0.282. The summed E-state index contributed by atoms with van der Waals surface area (Å²) in [6.45, 7) is 1.65. The molecule has 0 amide bonds. The summed E-state index contributed by atoms with van der Waals surface area (Å²) in [5.74, 6) is 1.28. The third-order valence-electron chi connectivity index (χ3n) is 3.24. The van der Waals surface area contributed by atoms with E-state index in [1.807, 2.05) is 36.4 Å². The predicted molar refractivity (Wildman–Crippen MR) is 95.3 cm³/mol. The van der Waals surface area contributed by atoms with Crippen LogP contribution in [0.25, 0.3) is 0 Å². The highest BCUT2D eigenvalue weighted by molar-refractivity contribution is 9.10. The number of methoxy groups -OCH3 is 1. The lowest BCUT2D eigenvalue weighted by Crippen LogP contribution is -2.17. The Morgan fingerprint density at radius 2 is 2.04 bits per heavy atom. The van der Waals surface area contributed by atoms with Crippen LogP contribution in [0.2, 0.25) is 5.02 Å². The number of ether oxygens (including phenoxy) is 2. The molecule has 23 heavy (non-hydrogen) atoms. The van der Waals surface area contributed by atoms with Crippen LogP contribution in [0.4, 0.5) is 0 Å². The molecule has 0 aliphatic rings. The Morgan fingerprint density at radius 3 is 2.74 bits per heavy atom. The molecule has 4 nitrogen and oxygen atoms in total. The topological polar surface area (TPSA) is 50.7 Å². The Balaban J connectivity index is 2.13. The maximum absolute atomic E-state index is 8.82. The largest absolute Gasteiger partial charge is 0.493 e. The molecule has 0 atom stereocenters. The minimum Gasteiger partial charge on any atom is -0.493 e. The van der Waals surface area contributed by atoms with Crippen molar-refractivity contribution in [3.8, 4) is 11.5 Å². The number of hydrogen-bond acceptors (Lipinski definition) is 4. The van der Waals surface area contributed by atoms with Crippen molar-refractivity contribution in [2.45, 2.75) is 13.2 Å². The smallest absolute Gasteiger partial charge is 0.175 e. The van der Waals surface area contributed by atoms with Gasteiger partial charge in [0, 0.05) is 23.7 Å². The van der Waals surface area contributed by atoms with Crippen molar-refractivity contribution in [1.82, 2.24) is 5.32 Å². The van der Waals surface area contributed by atoms with Crippen LogP contribution in [0.1, 0.15) is 11.1 Å². The monoisotopic (exact) mass is 399 g/mol. The van der Waals surface area contributed by atoms with Gasteiger partial charge in [0.25, 0.3) is 0 Å². The SMILES string of the molecule is COc1cc(CNCCO)cc(Br)c1OCc1ccccc1Cl. The third kappa shape index (κ3) is 5.11. The van der Waals surface area contributed by atoms with Crippen molar-refractivity contribution < 1.29 is 14.6 Å². The lowest BCUT2D eigenvalue weighted by atomic mass is 10.2. The molecule has 0 unspecified atom stereocenters. The zero-order chi connectivity index (χ0) is 16.7. The van der Waals surface area contributed by atoms with Crippen molar-refractivity contribution in [2.24, 2.45) is 0 Å². The molecule has 2 N–H and O–H groups in total. The molecule has 0 heterocycles. The summed E-state index contributed by atoms with van der Waals surface area (Å²) in [6.07, 6.45) is 0. The number of aliphatic hydroxyl groups excluding tert-OH is 1. The Bertz CT molecular complexity index is 652. The van der Waals surface area contributed by atoms with Gasteiger partial charge >= 0.3 is 0 Å². The molecule has 0 aliphatic heterocycles. The molecule has 0 aromatic heterocycles. The Kier molecular flexibility index (Phi) is 7.17. The Hall–Kier alpha value is -1.27. The normalized spacial score (nSPS) is 10.6. The molecule has 0 spiro atoms. The third-order valence-corrected chi connectivity index (χ3v) is 4.19. The number of aliphatic hydroxyl groups is 1. The molecular weight excluding hydrogens is 382 g/mol. The van der Waals surface area contributed by atoms with Crippen molar-refractivity contribution in [3.05, 3.63) is 57.0 Å². The molecule has 0 bridgehead atoms. The van der Waals surface area contributed by atoms with E-state index in [-0.39, 0.29) is 6.61 Å². The van der Waals surface area contributed by atoms with E-state index in [9.17, 15) is 0 Å². The highest BCUT2D eigenvalue weighted by atomic mass is 79.9. The van der Waals surface area contributed by atoms with Gasteiger partial charge in [0.1, 0.15) is 6.61 Å². The van der Waals surface area contributed by atoms with Crippen molar-refractivity contribution in [1.29, 1.82) is 0 Å². The van der Waals surface area contributed by atoms with E-state index in [1.54, 1.807) is 7.11 Å². The van der Waals surface area contributed by atoms with E-state index in [4.69, 9.17) is 26.2 Å². The van der Waals surface area contributed by atoms with E-state index >= 15 is 0 Å². The van der Waals surface area contributed by atoms with E-state index in [1.165, 1.54) is 0 Å². The van der Waals surface area contributed by atoms with Crippen LogP contribution < -0.4 is 14.8 Å².